The molecule has 1 aromatic heterocycles. The maximum Gasteiger partial charge on any atom is 0.290 e. The third-order valence-corrected chi connectivity index (χ3v) is 7.97. The molecule has 3 aromatic carbocycles. The number of halogens is 1. The van der Waals surface area contributed by atoms with Gasteiger partial charge in [0.25, 0.3) is 23.8 Å². The van der Waals surface area contributed by atoms with Crippen molar-refractivity contribution in [3.05, 3.63) is 116 Å². The van der Waals surface area contributed by atoms with Crippen LogP contribution in [0.3, 0.4) is 0 Å². The van der Waals surface area contributed by atoms with Crippen molar-refractivity contribution in [1.29, 1.82) is 0 Å². The van der Waals surface area contributed by atoms with Crippen molar-refractivity contribution in [2.45, 2.75) is 32.7 Å². The second kappa shape index (κ2) is 14.2. The number of carboxylic acid groups (broad SMARTS) is 1. The van der Waals surface area contributed by atoms with Gasteiger partial charge < -0.3 is 34.5 Å². The van der Waals surface area contributed by atoms with E-state index in [-0.39, 0.29) is 36.7 Å². The first-order valence-electron chi connectivity index (χ1n) is 14.9. The molecule has 2 amide bonds. The Hall–Kier alpha value is -5.65. The lowest BCUT2D eigenvalue weighted by molar-refractivity contribution is -0.122. The molecule has 4 heterocycles. The number of hydrogen-bond donors (Lipinski definition) is 3. The molecule has 0 fully saturated rings. The molecule has 3 aliphatic rings. The smallest absolute Gasteiger partial charge is 0.290 e. The van der Waals surface area contributed by atoms with Crippen LogP contribution in [0.1, 0.15) is 61.1 Å². The molecule has 3 N–H and O–H groups in total. The van der Waals surface area contributed by atoms with Gasteiger partial charge in [-0.05, 0) is 97.5 Å². The van der Waals surface area contributed by atoms with Crippen molar-refractivity contribution in [2.75, 3.05) is 26.8 Å². The molecule has 12 heteroatoms. The van der Waals surface area contributed by atoms with Crippen LogP contribution in [0.4, 0.5) is 4.39 Å². The van der Waals surface area contributed by atoms with Crippen molar-refractivity contribution in [1.82, 2.24) is 15.2 Å². The Morgan fingerprint density at radius 2 is 1.81 bits per heavy atom. The molecule has 0 radical (unpaired) electrons. The Morgan fingerprint density at radius 1 is 1.06 bits per heavy atom. The molecule has 1 unspecified atom stereocenters. The highest BCUT2D eigenvalue weighted by molar-refractivity contribution is 5.96. The zero-order valence-electron chi connectivity index (χ0n) is 26.1. The first-order chi connectivity index (χ1) is 22.6. The minimum Gasteiger partial charge on any atom is -0.493 e. The van der Waals surface area contributed by atoms with E-state index >= 15 is 0 Å². The first-order valence-corrected chi connectivity index (χ1v) is 14.9. The summed E-state index contributed by atoms with van der Waals surface area (Å²) in [6.07, 6.45) is 0.958. The highest BCUT2D eigenvalue weighted by Gasteiger charge is 2.35. The molecule has 47 heavy (non-hydrogen) atoms. The highest BCUT2D eigenvalue weighted by Crippen LogP contribution is 2.41. The molecule has 0 saturated heterocycles. The molecule has 244 valence electrons. The van der Waals surface area contributed by atoms with Crippen LogP contribution < -0.4 is 25.1 Å². The molecule has 0 saturated carbocycles. The number of nitrogens with one attached hydrogen (secondary N) is 2. The number of nitrogens with zero attached hydrogens (tertiary/aromatic N) is 1. The zero-order valence-corrected chi connectivity index (χ0v) is 26.1. The number of hydrogen-bond acceptors (Lipinski definition) is 7. The van der Waals surface area contributed by atoms with E-state index in [9.17, 15) is 18.8 Å². The van der Waals surface area contributed by atoms with Crippen LogP contribution in [-0.2, 0) is 11.2 Å². The minimum absolute atomic E-state index is 0.109. The number of rotatable bonds is 2. The summed E-state index contributed by atoms with van der Waals surface area (Å²) in [5.74, 6) is 0.242. The van der Waals surface area contributed by atoms with Gasteiger partial charge in [0.15, 0.2) is 11.5 Å². The summed E-state index contributed by atoms with van der Waals surface area (Å²) in [5, 5.41) is 9.62. The van der Waals surface area contributed by atoms with E-state index in [1.165, 1.54) is 18.2 Å². The summed E-state index contributed by atoms with van der Waals surface area (Å²) < 4.78 is 32.3. The maximum atomic E-state index is 14.6. The summed E-state index contributed by atoms with van der Waals surface area (Å²) >= 11 is 0. The number of benzene rings is 3. The largest absolute Gasteiger partial charge is 0.493 e. The maximum absolute atomic E-state index is 14.6. The van der Waals surface area contributed by atoms with E-state index in [2.05, 4.69) is 10.3 Å². The fraction of sp³-hybridized carbons (Fsp3) is 0.257. The molecule has 4 aromatic rings. The lowest BCUT2D eigenvalue weighted by Crippen LogP contribution is -2.43. The van der Waals surface area contributed by atoms with E-state index in [0.717, 1.165) is 16.7 Å². The van der Waals surface area contributed by atoms with Gasteiger partial charge in [0.05, 0.1) is 25.3 Å². The van der Waals surface area contributed by atoms with E-state index in [1.807, 2.05) is 24.3 Å². The predicted octanol–water partition coefficient (Wildman–Crippen LogP) is 4.93. The molecular weight excluding hydrogens is 609 g/mol. The molecule has 7 rings (SSSR count). The van der Waals surface area contributed by atoms with Crippen LogP contribution in [0.15, 0.2) is 65.5 Å². The van der Waals surface area contributed by atoms with Gasteiger partial charge in [-0.1, -0.05) is 12.1 Å². The Kier molecular flexibility index (Phi) is 9.88. The quantitative estimate of drug-likeness (QED) is 0.261. The number of aromatic nitrogens is 1. The van der Waals surface area contributed by atoms with Crippen molar-refractivity contribution in [3.8, 4) is 23.0 Å². The number of fused-ring (bicyclic) bond motifs is 6. The predicted molar refractivity (Wildman–Crippen MR) is 170 cm³/mol. The number of ether oxygens (including phenoxy) is 3. The third kappa shape index (κ3) is 6.96. The van der Waals surface area contributed by atoms with Gasteiger partial charge >= 0.3 is 0 Å². The second-order valence-corrected chi connectivity index (χ2v) is 11.1. The normalized spacial score (nSPS) is 15.4. The number of aryl methyl sites for hydroxylation is 2. The number of aromatic amines is 1. The van der Waals surface area contributed by atoms with Crippen LogP contribution in [0, 0.1) is 19.7 Å². The Balaban J connectivity index is 0.00000139. The monoisotopic (exact) mass is 643 g/mol. The van der Waals surface area contributed by atoms with Crippen LogP contribution in [0.5, 0.6) is 23.0 Å². The van der Waals surface area contributed by atoms with Gasteiger partial charge in [-0.15, -0.1) is 0 Å². The summed E-state index contributed by atoms with van der Waals surface area (Å²) in [4.78, 5) is 52.7. The van der Waals surface area contributed by atoms with Crippen molar-refractivity contribution >= 4 is 18.3 Å². The third-order valence-electron chi connectivity index (χ3n) is 7.97. The van der Waals surface area contributed by atoms with Gasteiger partial charge in [0.1, 0.15) is 22.9 Å². The van der Waals surface area contributed by atoms with E-state index < -0.39 is 23.3 Å². The lowest BCUT2D eigenvalue weighted by atomic mass is 9.87. The Morgan fingerprint density at radius 3 is 2.55 bits per heavy atom. The highest BCUT2D eigenvalue weighted by atomic mass is 19.1. The minimum atomic E-state index is -0.650. The molecule has 0 aliphatic carbocycles. The lowest BCUT2D eigenvalue weighted by Gasteiger charge is -2.38. The molecular formula is C35H34FN3O8. The fourth-order valence-corrected chi connectivity index (χ4v) is 5.91. The topological polar surface area (TPSA) is 147 Å². The van der Waals surface area contributed by atoms with Gasteiger partial charge in [0, 0.05) is 18.8 Å². The van der Waals surface area contributed by atoms with Crippen molar-refractivity contribution in [2.24, 2.45) is 0 Å². The van der Waals surface area contributed by atoms with E-state index in [1.54, 1.807) is 44.1 Å². The molecule has 8 bridgehead atoms. The van der Waals surface area contributed by atoms with Crippen LogP contribution in [0.2, 0.25) is 0 Å². The Bertz CT molecular complexity index is 1890. The second-order valence-electron chi connectivity index (χ2n) is 11.1. The van der Waals surface area contributed by atoms with Gasteiger partial charge in [-0.25, -0.2) is 4.39 Å². The fourth-order valence-electron chi connectivity index (χ4n) is 5.91. The van der Waals surface area contributed by atoms with E-state index in [4.69, 9.17) is 24.1 Å². The van der Waals surface area contributed by atoms with Crippen molar-refractivity contribution in [3.63, 3.8) is 0 Å². The summed E-state index contributed by atoms with van der Waals surface area (Å²) in [7, 11) is 1.54. The summed E-state index contributed by atoms with van der Waals surface area (Å²) in [6.45, 7) is 4.14. The number of amides is 2. The van der Waals surface area contributed by atoms with Gasteiger partial charge in [-0.3, -0.25) is 19.2 Å². The number of methoxy groups -OCH3 is 1. The average Bonchev–Trinajstić information content (AvgIpc) is 3.04. The standard InChI is InChI=1S/C34H32FN3O6.CH2O2/c1-19-15-20(2)37-33(40)30(19)34(41)38-13-11-21-16-23-6-8-25(21)31(38)22-5-10-28(42-3)29(17-22)43-14-4-12-36-32(39)26-18-24(44-23)7-9-27(26)35;2-1-3/h5-10,15-18,31H,4,11-14H2,1-3H3,(H,36,39)(H,37,40);1H,(H,2,3). The van der Waals surface area contributed by atoms with Gasteiger partial charge in [0.2, 0.25) is 0 Å². The van der Waals surface area contributed by atoms with Gasteiger partial charge in [-0.2, -0.15) is 0 Å². The number of carbonyl (C=O) groups excluding carboxylic acids is 2. The van der Waals surface area contributed by atoms with E-state index in [0.29, 0.717) is 53.6 Å². The molecule has 1 atom stereocenters. The zero-order chi connectivity index (χ0) is 33.7. The molecule has 11 nitrogen and oxygen atoms in total. The van der Waals surface area contributed by atoms with Crippen LogP contribution in [-0.4, -0.2) is 60.1 Å². The summed E-state index contributed by atoms with van der Waals surface area (Å²) in [5.41, 5.74) is 3.46. The average molecular weight is 644 g/mol. The van der Waals surface area contributed by atoms with Crippen LogP contribution >= 0.6 is 0 Å². The molecule has 0 spiro atoms. The number of H-pyrrole nitrogens is 1. The van der Waals surface area contributed by atoms with Crippen LogP contribution in [0.25, 0.3) is 0 Å². The first kappa shape index (κ1) is 32.7. The number of pyridine rings is 1. The number of carbonyl (C=O) groups is 3. The Labute approximate surface area is 269 Å². The molecule has 3 aliphatic heterocycles. The van der Waals surface area contributed by atoms with Crippen molar-refractivity contribution < 1.29 is 38.1 Å². The summed E-state index contributed by atoms with van der Waals surface area (Å²) in [6, 6.07) is 16.4. The SMILES string of the molecule is COc1ccc2cc1OCCCNC(=O)c1cc(ccc1F)Oc1ccc3c(c1)CCN(C(=O)c1c(C)cc(C)[nH]c1=O)C23.O=CO.